The Hall–Kier alpha value is -1.46. The van der Waals surface area contributed by atoms with Gasteiger partial charge in [-0.15, -0.1) is 0 Å². The smallest absolute Gasteiger partial charge is 0.141 e. The summed E-state index contributed by atoms with van der Waals surface area (Å²) in [5.41, 5.74) is 2.11. The monoisotopic (exact) mass is 265 g/mol. The molecule has 2 aromatic rings. The summed E-state index contributed by atoms with van der Waals surface area (Å²) in [4.78, 5) is 6.23. The Bertz CT molecular complexity index is 499. The molecular weight excluding hydrogens is 249 g/mol. The van der Waals surface area contributed by atoms with Crippen LogP contribution in [0, 0.1) is 5.82 Å². The van der Waals surface area contributed by atoms with E-state index in [0.29, 0.717) is 6.54 Å². The van der Waals surface area contributed by atoms with Crippen LogP contribution in [-0.2, 0) is 13.1 Å². The number of hydrogen-bond acceptors (Lipinski definition) is 4. The average Bonchev–Trinajstić information content (AvgIpc) is 2.82. The lowest BCUT2D eigenvalue weighted by atomic mass is 10.2. The Morgan fingerprint density at radius 3 is 3.00 bits per heavy atom. The van der Waals surface area contributed by atoms with Gasteiger partial charge in [-0.3, -0.25) is 0 Å². The molecule has 0 saturated heterocycles. The van der Waals surface area contributed by atoms with Crippen molar-refractivity contribution in [1.29, 1.82) is 0 Å². The molecule has 1 N–H and O–H groups in total. The van der Waals surface area contributed by atoms with Gasteiger partial charge in [-0.1, -0.05) is 0 Å². The number of pyridine rings is 1. The third-order valence-electron chi connectivity index (χ3n) is 2.64. The second kappa shape index (κ2) is 5.93. The van der Waals surface area contributed by atoms with Gasteiger partial charge in [-0.05, 0) is 35.5 Å². The number of thiophene rings is 1. The Morgan fingerprint density at radius 2 is 2.33 bits per heavy atom. The van der Waals surface area contributed by atoms with Crippen LogP contribution in [0.5, 0.6) is 0 Å². The first-order chi connectivity index (χ1) is 8.70. The Balaban J connectivity index is 2.20. The van der Waals surface area contributed by atoms with Crippen LogP contribution in [0.2, 0.25) is 0 Å². The van der Waals surface area contributed by atoms with Gasteiger partial charge < -0.3 is 10.2 Å². The van der Waals surface area contributed by atoms with Gasteiger partial charge in [0.25, 0.3) is 0 Å². The van der Waals surface area contributed by atoms with Crippen molar-refractivity contribution >= 4 is 17.2 Å². The van der Waals surface area contributed by atoms with E-state index in [-0.39, 0.29) is 5.82 Å². The molecule has 0 aliphatic carbocycles. The van der Waals surface area contributed by atoms with E-state index in [1.165, 1.54) is 17.8 Å². The quantitative estimate of drug-likeness (QED) is 0.901. The molecule has 2 aromatic heterocycles. The lowest BCUT2D eigenvalue weighted by Crippen LogP contribution is -2.21. The zero-order chi connectivity index (χ0) is 13.0. The second-order valence-corrected chi connectivity index (χ2v) is 4.93. The SMILES string of the molecule is CNCc1cc(F)cnc1N(C)Cc1ccsc1. The van der Waals surface area contributed by atoms with Gasteiger partial charge in [0.2, 0.25) is 0 Å². The highest BCUT2D eigenvalue weighted by Crippen LogP contribution is 2.20. The van der Waals surface area contributed by atoms with Crippen LogP contribution in [0.3, 0.4) is 0 Å². The first-order valence-electron chi connectivity index (χ1n) is 5.72. The first kappa shape index (κ1) is 13.0. The highest BCUT2D eigenvalue weighted by molar-refractivity contribution is 7.07. The molecule has 0 amide bonds. The molecular formula is C13H16FN3S. The van der Waals surface area contributed by atoms with Gasteiger partial charge in [0.1, 0.15) is 11.6 Å². The molecule has 0 fully saturated rings. The molecule has 96 valence electrons. The molecule has 0 saturated carbocycles. The number of nitrogens with zero attached hydrogens (tertiary/aromatic N) is 2. The van der Waals surface area contributed by atoms with E-state index >= 15 is 0 Å². The third-order valence-corrected chi connectivity index (χ3v) is 3.37. The largest absolute Gasteiger partial charge is 0.355 e. The molecule has 2 rings (SSSR count). The molecule has 3 nitrogen and oxygen atoms in total. The number of aromatic nitrogens is 1. The van der Waals surface area contributed by atoms with E-state index in [1.54, 1.807) is 11.3 Å². The number of rotatable bonds is 5. The summed E-state index contributed by atoms with van der Waals surface area (Å²) in [6.07, 6.45) is 1.26. The maximum Gasteiger partial charge on any atom is 0.141 e. The van der Waals surface area contributed by atoms with Crippen molar-refractivity contribution in [3.05, 3.63) is 46.0 Å². The minimum Gasteiger partial charge on any atom is -0.355 e. The Kier molecular flexibility index (Phi) is 4.28. The fraction of sp³-hybridized carbons (Fsp3) is 0.308. The summed E-state index contributed by atoms with van der Waals surface area (Å²) in [6, 6.07) is 3.62. The normalized spacial score (nSPS) is 10.6. The van der Waals surface area contributed by atoms with Crippen LogP contribution in [0.25, 0.3) is 0 Å². The van der Waals surface area contributed by atoms with E-state index in [2.05, 4.69) is 27.1 Å². The molecule has 18 heavy (non-hydrogen) atoms. The molecule has 2 heterocycles. The minimum absolute atomic E-state index is 0.298. The van der Waals surface area contributed by atoms with Crippen molar-refractivity contribution in [2.75, 3.05) is 19.0 Å². The predicted molar refractivity (Wildman–Crippen MR) is 73.4 cm³/mol. The average molecular weight is 265 g/mol. The lowest BCUT2D eigenvalue weighted by molar-refractivity contribution is 0.615. The van der Waals surface area contributed by atoms with Crippen LogP contribution in [-0.4, -0.2) is 19.1 Å². The van der Waals surface area contributed by atoms with Crippen molar-refractivity contribution in [3.8, 4) is 0 Å². The van der Waals surface area contributed by atoms with Crippen LogP contribution >= 0.6 is 11.3 Å². The molecule has 0 radical (unpaired) electrons. The highest BCUT2D eigenvalue weighted by atomic mass is 32.1. The highest BCUT2D eigenvalue weighted by Gasteiger charge is 2.10. The number of hydrogen-bond donors (Lipinski definition) is 1. The standard InChI is InChI=1S/C13H16FN3S/c1-15-6-11-5-12(14)7-16-13(11)17(2)8-10-3-4-18-9-10/h3-5,7,9,15H,6,8H2,1-2H3. The van der Waals surface area contributed by atoms with E-state index in [4.69, 9.17) is 0 Å². The summed E-state index contributed by atoms with van der Waals surface area (Å²) < 4.78 is 13.2. The number of nitrogens with one attached hydrogen (secondary N) is 1. The van der Waals surface area contributed by atoms with Crippen LogP contribution < -0.4 is 10.2 Å². The second-order valence-electron chi connectivity index (χ2n) is 4.15. The fourth-order valence-corrected chi connectivity index (χ4v) is 2.53. The topological polar surface area (TPSA) is 28.2 Å². The van der Waals surface area contributed by atoms with Crippen LogP contribution in [0.4, 0.5) is 10.2 Å². The molecule has 0 aromatic carbocycles. The van der Waals surface area contributed by atoms with Gasteiger partial charge in [0.15, 0.2) is 0 Å². The van der Waals surface area contributed by atoms with Crippen LogP contribution in [0.15, 0.2) is 29.1 Å². The molecule has 0 atom stereocenters. The molecule has 5 heteroatoms. The van der Waals surface area contributed by atoms with Crippen molar-refractivity contribution in [1.82, 2.24) is 10.3 Å². The van der Waals surface area contributed by atoms with Gasteiger partial charge in [0, 0.05) is 25.7 Å². The Labute approximate surface area is 110 Å². The van der Waals surface area contributed by atoms with Crippen molar-refractivity contribution in [2.45, 2.75) is 13.1 Å². The molecule has 0 bridgehead atoms. The molecule has 0 spiro atoms. The van der Waals surface area contributed by atoms with E-state index in [9.17, 15) is 4.39 Å². The molecule has 0 aliphatic rings. The van der Waals surface area contributed by atoms with Crippen molar-refractivity contribution in [2.24, 2.45) is 0 Å². The summed E-state index contributed by atoms with van der Waals surface area (Å²) >= 11 is 1.67. The summed E-state index contributed by atoms with van der Waals surface area (Å²) in [6.45, 7) is 1.38. The van der Waals surface area contributed by atoms with E-state index < -0.39 is 0 Å². The molecule has 0 unspecified atom stereocenters. The fourth-order valence-electron chi connectivity index (χ4n) is 1.87. The maximum absolute atomic E-state index is 13.2. The summed E-state index contributed by atoms with van der Waals surface area (Å²) in [5, 5.41) is 7.19. The predicted octanol–water partition coefficient (Wildman–Crippen LogP) is 2.64. The van der Waals surface area contributed by atoms with Crippen molar-refractivity contribution < 1.29 is 4.39 Å². The van der Waals surface area contributed by atoms with E-state index in [0.717, 1.165) is 17.9 Å². The third kappa shape index (κ3) is 3.05. The van der Waals surface area contributed by atoms with E-state index in [1.807, 2.05) is 19.0 Å². The van der Waals surface area contributed by atoms with Crippen LogP contribution in [0.1, 0.15) is 11.1 Å². The lowest BCUT2D eigenvalue weighted by Gasteiger charge is -2.20. The first-order valence-corrected chi connectivity index (χ1v) is 6.66. The Morgan fingerprint density at radius 1 is 1.50 bits per heavy atom. The summed E-state index contributed by atoms with van der Waals surface area (Å²) in [7, 11) is 3.81. The van der Waals surface area contributed by atoms with Gasteiger partial charge in [0.05, 0.1) is 6.20 Å². The maximum atomic E-state index is 13.2. The number of anilines is 1. The minimum atomic E-state index is -0.298. The number of halogens is 1. The molecule has 0 aliphatic heterocycles. The van der Waals surface area contributed by atoms with Gasteiger partial charge in [-0.2, -0.15) is 11.3 Å². The zero-order valence-electron chi connectivity index (χ0n) is 10.5. The van der Waals surface area contributed by atoms with Gasteiger partial charge >= 0.3 is 0 Å². The zero-order valence-corrected chi connectivity index (χ0v) is 11.3. The van der Waals surface area contributed by atoms with Crippen molar-refractivity contribution in [3.63, 3.8) is 0 Å². The van der Waals surface area contributed by atoms with Gasteiger partial charge in [-0.25, -0.2) is 9.37 Å². The summed E-state index contributed by atoms with van der Waals surface area (Å²) in [5.74, 6) is 0.518.